The Hall–Kier alpha value is -1.25. The van der Waals surface area contributed by atoms with Crippen LogP contribution in [-0.4, -0.2) is 24.6 Å². The van der Waals surface area contributed by atoms with Gasteiger partial charge in [-0.05, 0) is 6.42 Å². The lowest BCUT2D eigenvalue weighted by atomic mass is 10.4. The molecule has 0 fully saturated rings. The molecular weight excluding hydrogens is 142 g/mol. The van der Waals surface area contributed by atoms with Crippen molar-refractivity contribution in [2.24, 2.45) is 0 Å². The van der Waals surface area contributed by atoms with Crippen LogP contribution in [0.15, 0.2) is 24.4 Å². The number of carbonyl (C=O) groups excluding carboxylic acids is 1. The highest BCUT2D eigenvalue weighted by Gasteiger charge is 2.08. The minimum atomic E-state index is -0.312. The van der Waals surface area contributed by atoms with E-state index < -0.39 is 0 Å². The molecule has 11 heavy (non-hydrogen) atoms. The number of hydrogen-bond acceptors (Lipinski definition) is 2. The molecule has 0 spiro atoms. The van der Waals surface area contributed by atoms with Gasteiger partial charge in [-0.15, -0.1) is 0 Å². The van der Waals surface area contributed by atoms with Crippen LogP contribution in [0, 0.1) is 0 Å². The van der Waals surface area contributed by atoms with Crippen LogP contribution >= 0.6 is 0 Å². The first-order chi connectivity index (χ1) is 5.34. The summed E-state index contributed by atoms with van der Waals surface area (Å²) < 4.78 is 4.55. The van der Waals surface area contributed by atoms with Crippen LogP contribution in [0.1, 0.15) is 6.42 Å². The Morgan fingerprint density at radius 1 is 1.45 bits per heavy atom. The maximum atomic E-state index is 10.9. The van der Waals surface area contributed by atoms with E-state index in [1.54, 1.807) is 6.20 Å². The summed E-state index contributed by atoms with van der Waals surface area (Å²) in [6, 6.07) is 0. The van der Waals surface area contributed by atoms with E-state index in [1.165, 1.54) is 12.0 Å². The average Bonchev–Trinajstić information content (AvgIpc) is 2.30. The van der Waals surface area contributed by atoms with Gasteiger partial charge < -0.3 is 4.74 Å². The van der Waals surface area contributed by atoms with Gasteiger partial charge in [0.15, 0.2) is 0 Å². The topological polar surface area (TPSA) is 29.5 Å². The van der Waals surface area contributed by atoms with Crippen molar-refractivity contribution >= 4 is 6.09 Å². The molecule has 1 heterocycles. The first kappa shape index (κ1) is 7.85. The molecule has 0 aromatic rings. The zero-order valence-corrected chi connectivity index (χ0v) is 6.49. The second-order valence-electron chi connectivity index (χ2n) is 2.21. The van der Waals surface area contributed by atoms with E-state index in [0.717, 1.165) is 6.42 Å². The first-order valence-corrected chi connectivity index (χ1v) is 3.51. The van der Waals surface area contributed by atoms with Crippen molar-refractivity contribution in [1.29, 1.82) is 0 Å². The van der Waals surface area contributed by atoms with E-state index in [4.69, 9.17) is 0 Å². The fraction of sp³-hybridized carbons (Fsp3) is 0.375. The van der Waals surface area contributed by atoms with Gasteiger partial charge in [-0.1, -0.05) is 18.2 Å². The smallest absolute Gasteiger partial charge is 0.413 e. The summed E-state index contributed by atoms with van der Waals surface area (Å²) in [4.78, 5) is 12.5. The summed E-state index contributed by atoms with van der Waals surface area (Å²) >= 11 is 0. The van der Waals surface area contributed by atoms with Crippen molar-refractivity contribution < 1.29 is 9.53 Å². The molecule has 0 N–H and O–H groups in total. The largest absolute Gasteiger partial charge is 0.452 e. The van der Waals surface area contributed by atoms with Crippen molar-refractivity contribution in [1.82, 2.24) is 4.90 Å². The third-order valence-electron chi connectivity index (χ3n) is 1.44. The Bertz CT molecular complexity index is 196. The normalized spacial score (nSPS) is 16.3. The summed E-state index contributed by atoms with van der Waals surface area (Å²) in [5.41, 5.74) is 0. The van der Waals surface area contributed by atoms with Crippen LogP contribution in [0.25, 0.3) is 0 Å². The lowest BCUT2D eigenvalue weighted by Gasteiger charge is -2.12. The summed E-state index contributed by atoms with van der Waals surface area (Å²) in [6.07, 6.45) is 8.18. The molecule has 0 aromatic heterocycles. The van der Waals surface area contributed by atoms with Gasteiger partial charge >= 0.3 is 6.09 Å². The molecule has 3 nitrogen and oxygen atoms in total. The Morgan fingerprint density at radius 3 is 3.00 bits per heavy atom. The zero-order valence-electron chi connectivity index (χ0n) is 6.49. The van der Waals surface area contributed by atoms with E-state index in [2.05, 4.69) is 4.74 Å². The molecule has 0 unspecified atom stereocenters. The average molecular weight is 153 g/mol. The molecule has 1 amide bonds. The predicted octanol–water partition coefficient (Wildman–Crippen LogP) is 1.53. The van der Waals surface area contributed by atoms with Gasteiger partial charge in [-0.3, -0.25) is 4.90 Å². The van der Waals surface area contributed by atoms with Crippen LogP contribution in [0.2, 0.25) is 0 Å². The number of nitrogens with zero attached hydrogens (tertiary/aromatic N) is 1. The molecule has 60 valence electrons. The van der Waals surface area contributed by atoms with Crippen molar-refractivity contribution in [2.75, 3.05) is 13.7 Å². The highest BCUT2D eigenvalue weighted by molar-refractivity contribution is 5.68. The van der Waals surface area contributed by atoms with Crippen LogP contribution < -0.4 is 0 Å². The Kier molecular flexibility index (Phi) is 2.72. The van der Waals surface area contributed by atoms with Gasteiger partial charge in [0.05, 0.1) is 7.11 Å². The molecule has 0 aromatic carbocycles. The van der Waals surface area contributed by atoms with Gasteiger partial charge in [0, 0.05) is 12.7 Å². The molecule has 0 aliphatic carbocycles. The van der Waals surface area contributed by atoms with E-state index in [1.807, 2.05) is 18.2 Å². The second kappa shape index (κ2) is 3.81. The molecule has 3 heteroatoms. The molecule has 1 aliphatic rings. The molecule has 0 bridgehead atoms. The van der Waals surface area contributed by atoms with E-state index >= 15 is 0 Å². The monoisotopic (exact) mass is 153 g/mol. The maximum absolute atomic E-state index is 10.9. The number of amides is 1. The van der Waals surface area contributed by atoms with E-state index in [9.17, 15) is 4.79 Å². The number of carbonyl (C=O) groups is 1. The summed E-state index contributed by atoms with van der Waals surface area (Å²) in [5, 5.41) is 0. The van der Waals surface area contributed by atoms with E-state index in [-0.39, 0.29) is 6.09 Å². The third-order valence-corrected chi connectivity index (χ3v) is 1.44. The molecule has 1 aliphatic heterocycles. The number of allylic oxidation sites excluding steroid dienone is 2. The standard InChI is InChI=1S/C8H11NO2/c1-11-8(10)9-6-4-2-3-5-7-9/h2,4-5,7H,3,6H2,1H3. The fourth-order valence-electron chi connectivity index (χ4n) is 0.864. The van der Waals surface area contributed by atoms with Crippen LogP contribution in [0.4, 0.5) is 4.79 Å². The predicted molar refractivity (Wildman–Crippen MR) is 42.0 cm³/mol. The SMILES string of the molecule is COC(=O)N1C=CCC=CC1. The summed E-state index contributed by atoms with van der Waals surface area (Å²) in [7, 11) is 1.38. The molecular formula is C8H11NO2. The Labute approximate surface area is 65.9 Å². The van der Waals surface area contributed by atoms with Crippen molar-refractivity contribution in [2.45, 2.75) is 6.42 Å². The third kappa shape index (κ3) is 2.11. The van der Waals surface area contributed by atoms with Gasteiger partial charge in [0.2, 0.25) is 0 Å². The van der Waals surface area contributed by atoms with Crippen molar-refractivity contribution in [3.05, 3.63) is 24.4 Å². The van der Waals surface area contributed by atoms with Gasteiger partial charge in [0.1, 0.15) is 0 Å². The van der Waals surface area contributed by atoms with Crippen LogP contribution in [-0.2, 0) is 4.74 Å². The summed E-state index contributed by atoms with van der Waals surface area (Å²) in [6.45, 7) is 0.600. The van der Waals surface area contributed by atoms with Gasteiger partial charge in [-0.2, -0.15) is 0 Å². The van der Waals surface area contributed by atoms with Crippen molar-refractivity contribution in [3.8, 4) is 0 Å². The summed E-state index contributed by atoms with van der Waals surface area (Å²) in [5.74, 6) is 0. The second-order valence-corrected chi connectivity index (χ2v) is 2.21. The fourth-order valence-corrected chi connectivity index (χ4v) is 0.864. The van der Waals surface area contributed by atoms with Crippen molar-refractivity contribution in [3.63, 3.8) is 0 Å². The minimum absolute atomic E-state index is 0.312. The zero-order chi connectivity index (χ0) is 8.10. The molecule has 0 radical (unpaired) electrons. The molecule has 0 atom stereocenters. The lowest BCUT2D eigenvalue weighted by Crippen LogP contribution is -2.24. The quantitative estimate of drug-likeness (QED) is 0.494. The Morgan fingerprint density at radius 2 is 2.27 bits per heavy atom. The molecule has 1 rings (SSSR count). The van der Waals surface area contributed by atoms with Crippen LogP contribution in [0.3, 0.4) is 0 Å². The van der Waals surface area contributed by atoms with E-state index in [0.29, 0.717) is 6.54 Å². The van der Waals surface area contributed by atoms with Gasteiger partial charge in [-0.25, -0.2) is 4.79 Å². The number of hydrogen-bond donors (Lipinski definition) is 0. The number of rotatable bonds is 0. The number of methoxy groups -OCH3 is 1. The lowest BCUT2D eigenvalue weighted by molar-refractivity contribution is 0.143. The number of ether oxygens (including phenoxy) is 1. The van der Waals surface area contributed by atoms with Crippen LogP contribution in [0.5, 0.6) is 0 Å². The first-order valence-electron chi connectivity index (χ1n) is 3.51. The maximum Gasteiger partial charge on any atom is 0.413 e. The Balaban J connectivity index is 2.56. The highest BCUT2D eigenvalue weighted by Crippen LogP contribution is 2.01. The molecule has 0 saturated carbocycles. The molecule has 0 saturated heterocycles. The highest BCUT2D eigenvalue weighted by atomic mass is 16.5. The van der Waals surface area contributed by atoms with Gasteiger partial charge in [0.25, 0.3) is 0 Å². The minimum Gasteiger partial charge on any atom is -0.452 e.